The van der Waals surface area contributed by atoms with Gasteiger partial charge in [-0.15, -0.1) is 0 Å². The third-order valence-electron chi connectivity index (χ3n) is 3.64. The molecular formula is C13H22N4O2S. The minimum atomic E-state index is -3.54. The molecule has 0 spiro atoms. The van der Waals surface area contributed by atoms with Crippen molar-refractivity contribution >= 4 is 10.0 Å². The lowest BCUT2D eigenvalue weighted by Crippen LogP contribution is -2.40. The fourth-order valence-electron chi connectivity index (χ4n) is 2.31. The molecular weight excluding hydrogens is 276 g/mol. The molecule has 1 aliphatic rings. The van der Waals surface area contributed by atoms with Crippen molar-refractivity contribution in [2.75, 3.05) is 19.6 Å². The lowest BCUT2D eigenvalue weighted by atomic mass is 10.3. The number of sulfonamides is 1. The maximum absolute atomic E-state index is 12.1. The molecule has 20 heavy (non-hydrogen) atoms. The molecule has 7 heteroatoms. The van der Waals surface area contributed by atoms with Crippen LogP contribution in [0.25, 0.3) is 0 Å². The summed E-state index contributed by atoms with van der Waals surface area (Å²) in [6, 6.07) is 3.38. The molecule has 1 fully saturated rings. The fourth-order valence-corrected chi connectivity index (χ4v) is 3.35. The van der Waals surface area contributed by atoms with E-state index in [1.54, 1.807) is 6.07 Å². The minimum Gasteiger partial charge on any atom is -0.326 e. The highest BCUT2D eigenvalue weighted by Gasteiger charge is 2.21. The number of hydrogen-bond donors (Lipinski definition) is 2. The molecule has 0 amide bonds. The van der Waals surface area contributed by atoms with Gasteiger partial charge in [0, 0.05) is 25.3 Å². The molecule has 0 bridgehead atoms. The number of likely N-dealkylation sites (tertiary alicyclic amines) is 1. The highest BCUT2D eigenvalue weighted by molar-refractivity contribution is 7.89. The van der Waals surface area contributed by atoms with Gasteiger partial charge in [-0.1, -0.05) is 6.07 Å². The molecule has 1 aromatic heterocycles. The first-order chi connectivity index (χ1) is 9.53. The van der Waals surface area contributed by atoms with Crippen LogP contribution < -0.4 is 10.5 Å². The first kappa shape index (κ1) is 15.4. The first-order valence-corrected chi connectivity index (χ1v) is 8.40. The lowest BCUT2D eigenvalue weighted by molar-refractivity contribution is 0.260. The highest BCUT2D eigenvalue weighted by atomic mass is 32.2. The van der Waals surface area contributed by atoms with Crippen LogP contribution in [0.4, 0.5) is 0 Å². The predicted octanol–water partition coefficient (Wildman–Crippen LogP) is 0.303. The van der Waals surface area contributed by atoms with Crippen molar-refractivity contribution in [3.05, 3.63) is 23.9 Å². The van der Waals surface area contributed by atoms with E-state index in [1.165, 1.54) is 25.1 Å². The Kier molecular flexibility index (Phi) is 5.09. The molecule has 0 radical (unpaired) electrons. The van der Waals surface area contributed by atoms with E-state index in [9.17, 15) is 8.42 Å². The molecule has 1 unspecified atom stereocenters. The normalized spacial score (nSPS) is 18.3. The summed E-state index contributed by atoms with van der Waals surface area (Å²) in [5, 5.41) is 0.0447. The largest absolute Gasteiger partial charge is 0.326 e. The van der Waals surface area contributed by atoms with Gasteiger partial charge in [-0.2, -0.15) is 0 Å². The first-order valence-electron chi connectivity index (χ1n) is 6.91. The molecule has 2 rings (SSSR count). The summed E-state index contributed by atoms with van der Waals surface area (Å²) in [6.45, 7) is 4.90. The van der Waals surface area contributed by atoms with Crippen molar-refractivity contribution in [2.45, 2.75) is 37.4 Å². The number of rotatable bonds is 6. The van der Waals surface area contributed by atoms with Crippen molar-refractivity contribution in [3.63, 3.8) is 0 Å². The number of nitrogens with one attached hydrogen (secondary N) is 1. The Balaban J connectivity index is 1.95. The lowest BCUT2D eigenvalue weighted by Gasteiger charge is -2.23. The van der Waals surface area contributed by atoms with Crippen LogP contribution in [0.2, 0.25) is 0 Å². The van der Waals surface area contributed by atoms with E-state index in [0.29, 0.717) is 13.1 Å². The Labute approximate surface area is 120 Å². The van der Waals surface area contributed by atoms with Gasteiger partial charge in [0.1, 0.15) is 0 Å². The van der Waals surface area contributed by atoms with E-state index >= 15 is 0 Å². The minimum absolute atomic E-state index is 0.0447. The Bertz CT molecular complexity index is 524. The zero-order chi connectivity index (χ0) is 14.6. The second-order valence-electron chi connectivity index (χ2n) is 5.15. The molecule has 0 saturated carbocycles. The third kappa shape index (κ3) is 3.76. The van der Waals surface area contributed by atoms with Crippen LogP contribution in [-0.2, 0) is 16.6 Å². The summed E-state index contributed by atoms with van der Waals surface area (Å²) in [7, 11) is -3.54. The number of nitrogens with zero attached hydrogens (tertiary/aromatic N) is 2. The summed E-state index contributed by atoms with van der Waals surface area (Å²) in [6.07, 6.45) is 3.89. The van der Waals surface area contributed by atoms with Gasteiger partial charge in [-0.3, -0.25) is 4.90 Å². The smallest absolute Gasteiger partial charge is 0.258 e. The van der Waals surface area contributed by atoms with Gasteiger partial charge in [0.15, 0.2) is 5.03 Å². The quantitative estimate of drug-likeness (QED) is 0.789. The zero-order valence-corrected chi connectivity index (χ0v) is 12.6. The van der Waals surface area contributed by atoms with Crippen molar-refractivity contribution in [3.8, 4) is 0 Å². The van der Waals surface area contributed by atoms with Gasteiger partial charge in [-0.05, 0) is 44.5 Å². The number of nitrogens with two attached hydrogens (primary N) is 1. The van der Waals surface area contributed by atoms with Crippen LogP contribution >= 0.6 is 0 Å². The molecule has 1 aromatic rings. The third-order valence-corrected chi connectivity index (χ3v) is 4.98. The Morgan fingerprint density at radius 1 is 1.40 bits per heavy atom. The monoisotopic (exact) mass is 298 g/mol. The van der Waals surface area contributed by atoms with Gasteiger partial charge < -0.3 is 5.73 Å². The topological polar surface area (TPSA) is 88.3 Å². The molecule has 1 atom stereocenters. The summed E-state index contributed by atoms with van der Waals surface area (Å²) in [4.78, 5) is 6.25. The summed E-state index contributed by atoms with van der Waals surface area (Å²) >= 11 is 0. The molecule has 0 aromatic carbocycles. The predicted molar refractivity (Wildman–Crippen MR) is 77.6 cm³/mol. The standard InChI is InChI=1S/C13H22N4O2S/c1-11(17-6-2-3-7-17)9-16-20(18,19)13-5-4-12(8-14)10-15-13/h4-5,10-11,16H,2-3,6-9,14H2,1H3. The van der Waals surface area contributed by atoms with Gasteiger partial charge in [0.25, 0.3) is 10.0 Å². The van der Waals surface area contributed by atoms with E-state index < -0.39 is 10.0 Å². The van der Waals surface area contributed by atoms with Crippen LogP contribution in [-0.4, -0.2) is 44.0 Å². The number of hydrogen-bond acceptors (Lipinski definition) is 5. The summed E-state index contributed by atoms with van der Waals surface area (Å²) < 4.78 is 26.9. The van der Waals surface area contributed by atoms with Crippen molar-refractivity contribution in [1.29, 1.82) is 0 Å². The Morgan fingerprint density at radius 2 is 2.10 bits per heavy atom. The van der Waals surface area contributed by atoms with E-state index in [4.69, 9.17) is 5.73 Å². The molecule has 0 aliphatic carbocycles. The van der Waals surface area contributed by atoms with E-state index in [-0.39, 0.29) is 11.1 Å². The van der Waals surface area contributed by atoms with Gasteiger partial charge in [0.2, 0.25) is 0 Å². The zero-order valence-electron chi connectivity index (χ0n) is 11.7. The number of pyridine rings is 1. The van der Waals surface area contributed by atoms with E-state index in [1.807, 2.05) is 6.92 Å². The average molecular weight is 298 g/mol. The van der Waals surface area contributed by atoms with Crippen LogP contribution in [0.3, 0.4) is 0 Å². The Morgan fingerprint density at radius 3 is 2.65 bits per heavy atom. The highest BCUT2D eigenvalue weighted by Crippen LogP contribution is 2.12. The molecule has 6 nitrogen and oxygen atoms in total. The molecule has 112 valence electrons. The van der Waals surface area contributed by atoms with E-state index in [0.717, 1.165) is 18.7 Å². The summed E-state index contributed by atoms with van der Waals surface area (Å²) in [5.41, 5.74) is 6.28. The average Bonchev–Trinajstić information content (AvgIpc) is 2.99. The second kappa shape index (κ2) is 6.62. The van der Waals surface area contributed by atoms with Gasteiger partial charge in [-0.25, -0.2) is 18.1 Å². The van der Waals surface area contributed by atoms with Crippen molar-refractivity contribution in [1.82, 2.24) is 14.6 Å². The van der Waals surface area contributed by atoms with Crippen molar-refractivity contribution < 1.29 is 8.42 Å². The number of aromatic nitrogens is 1. The maximum Gasteiger partial charge on any atom is 0.258 e. The maximum atomic E-state index is 12.1. The van der Waals surface area contributed by atoms with Gasteiger partial charge in [0.05, 0.1) is 0 Å². The molecule has 1 saturated heterocycles. The van der Waals surface area contributed by atoms with Gasteiger partial charge >= 0.3 is 0 Å². The molecule has 2 heterocycles. The van der Waals surface area contributed by atoms with Crippen LogP contribution in [0.15, 0.2) is 23.4 Å². The molecule has 3 N–H and O–H groups in total. The SMILES string of the molecule is CC(CNS(=O)(=O)c1ccc(CN)cn1)N1CCCC1. The summed E-state index contributed by atoms with van der Waals surface area (Å²) in [5.74, 6) is 0. The van der Waals surface area contributed by atoms with Crippen molar-refractivity contribution in [2.24, 2.45) is 5.73 Å². The van der Waals surface area contributed by atoms with Crippen LogP contribution in [0.1, 0.15) is 25.3 Å². The second-order valence-corrected chi connectivity index (χ2v) is 6.87. The van der Waals surface area contributed by atoms with Crippen LogP contribution in [0.5, 0.6) is 0 Å². The van der Waals surface area contributed by atoms with E-state index in [2.05, 4.69) is 14.6 Å². The fraction of sp³-hybridized carbons (Fsp3) is 0.615. The van der Waals surface area contributed by atoms with Crippen LogP contribution in [0, 0.1) is 0 Å². The molecule has 1 aliphatic heterocycles. The Hall–Kier alpha value is -1.02.